The van der Waals surface area contributed by atoms with E-state index in [0.29, 0.717) is 33.8 Å². The van der Waals surface area contributed by atoms with Crippen molar-refractivity contribution in [2.75, 3.05) is 14.2 Å². The van der Waals surface area contributed by atoms with Gasteiger partial charge in [0, 0.05) is 35.9 Å². The van der Waals surface area contributed by atoms with Gasteiger partial charge in [-0.1, -0.05) is 18.2 Å². The van der Waals surface area contributed by atoms with Gasteiger partial charge in [-0.15, -0.1) is 0 Å². The summed E-state index contributed by atoms with van der Waals surface area (Å²) >= 11 is 0. The van der Waals surface area contributed by atoms with Gasteiger partial charge in [-0.25, -0.2) is 0 Å². The minimum Gasteiger partial charge on any atom is -0.496 e. The molecule has 0 amide bonds. The number of methoxy groups -OCH3 is 2. The second-order valence-electron chi connectivity index (χ2n) is 6.56. The summed E-state index contributed by atoms with van der Waals surface area (Å²) in [6.07, 6.45) is 0. The second kappa shape index (κ2) is 7.71. The molecule has 0 atom stereocenters. The Bertz CT molecular complexity index is 1310. The van der Waals surface area contributed by atoms with Crippen LogP contribution in [0.3, 0.4) is 0 Å². The Morgan fingerprint density at radius 2 is 1.60 bits per heavy atom. The van der Waals surface area contributed by atoms with Crippen LogP contribution in [0.25, 0.3) is 33.4 Å². The Morgan fingerprint density at radius 1 is 0.867 bits per heavy atom. The SMILES string of the molecule is COc1cc(OC)c2c(=O)cc(-c3cccc(-c4ccc([N+](=O)[O-])cc4)c3)oc2c1. The fraction of sp³-hybridized carbons (Fsp3) is 0.0870. The van der Waals surface area contributed by atoms with Gasteiger partial charge < -0.3 is 13.9 Å². The van der Waals surface area contributed by atoms with Gasteiger partial charge >= 0.3 is 0 Å². The number of nitro groups is 1. The van der Waals surface area contributed by atoms with Crippen molar-refractivity contribution < 1.29 is 18.8 Å². The third-order valence-electron chi connectivity index (χ3n) is 4.78. The van der Waals surface area contributed by atoms with Gasteiger partial charge in [0.05, 0.1) is 19.1 Å². The molecular formula is C23H17NO6. The third-order valence-corrected chi connectivity index (χ3v) is 4.78. The summed E-state index contributed by atoms with van der Waals surface area (Å²) in [6.45, 7) is 0. The molecule has 0 saturated heterocycles. The molecule has 0 saturated carbocycles. The van der Waals surface area contributed by atoms with Crippen molar-refractivity contribution in [3.05, 3.63) is 87.1 Å². The van der Waals surface area contributed by atoms with Crippen LogP contribution in [0.2, 0.25) is 0 Å². The highest BCUT2D eigenvalue weighted by atomic mass is 16.6. The number of non-ortho nitro benzene ring substituents is 1. The first kappa shape index (κ1) is 19.2. The lowest BCUT2D eigenvalue weighted by Gasteiger charge is -2.10. The summed E-state index contributed by atoms with van der Waals surface area (Å²) in [5.74, 6) is 1.29. The minimum atomic E-state index is -0.438. The van der Waals surface area contributed by atoms with Crippen molar-refractivity contribution in [3.8, 4) is 33.9 Å². The predicted octanol–water partition coefficient (Wildman–Crippen LogP) is 5.05. The highest BCUT2D eigenvalue weighted by Gasteiger charge is 2.14. The normalized spacial score (nSPS) is 10.7. The molecule has 0 unspecified atom stereocenters. The van der Waals surface area contributed by atoms with E-state index in [9.17, 15) is 14.9 Å². The molecule has 0 aliphatic carbocycles. The molecule has 1 heterocycles. The first-order chi connectivity index (χ1) is 14.5. The maximum Gasteiger partial charge on any atom is 0.269 e. The maximum absolute atomic E-state index is 12.8. The summed E-state index contributed by atoms with van der Waals surface area (Å²) in [6, 6.07) is 18.4. The van der Waals surface area contributed by atoms with Crippen LogP contribution in [0.15, 0.2) is 75.9 Å². The fourth-order valence-electron chi connectivity index (χ4n) is 3.28. The molecule has 1 aromatic heterocycles. The number of nitro benzene ring substituents is 1. The van der Waals surface area contributed by atoms with Crippen LogP contribution >= 0.6 is 0 Å². The molecule has 0 fully saturated rings. The van der Waals surface area contributed by atoms with Gasteiger partial charge in [-0.05, 0) is 29.3 Å². The number of ether oxygens (including phenoxy) is 2. The van der Waals surface area contributed by atoms with E-state index in [1.54, 1.807) is 24.3 Å². The first-order valence-electron chi connectivity index (χ1n) is 9.05. The van der Waals surface area contributed by atoms with Gasteiger partial charge in [-0.2, -0.15) is 0 Å². The molecule has 7 nitrogen and oxygen atoms in total. The van der Waals surface area contributed by atoms with E-state index in [4.69, 9.17) is 13.9 Å². The number of rotatable bonds is 5. The third kappa shape index (κ3) is 3.48. The van der Waals surface area contributed by atoms with Crippen LogP contribution in [0.5, 0.6) is 11.5 Å². The molecule has 0 aliphatic heterocycles. The lowest BCUT2D eigenvalue weighted by molar-refractivity contribution is -0.384. The molecule has 0 spiro atoms. The van der Waals surface area contributed by atoms with Gasteiger partial charge in [0.25, 0.3) is 5.69 Å². The molecule has 30 heavy (non-hydrogen) atoms. The van der Waals surface area contributed by atoms with Gasteiger partial charge in [0.1, 0.15) is 28.2 Å². The molecule has 0 N–H and O–H groups in total. The smallest absolute Gasteiger partial charge is 0.269 e. The maximum atomic E-state index is 12.8. The lowest BCUT2D eigenvalue weighted by atomic mass is 10.0. The summed E-state index contributed by atoms with van der Waals surface area (Å²) < 4.78 is 16.6. The molecule has 4 aromatic rings. The van der Waals surface area contributed by atoms with E-state index >= 15 is 0 Å². The minimum absolute atomic E-state index is 0.0262. The molecule has 0 aliphatic rings. The number of hydrogen-bond acceptors (Lipinski definition) is 6. The zero-order valence-corrected chi connectivity index (χ0v) is 16.2. The highest BCUT2D eigenvalue weighted by Crippen LogP contribution is 2.33. The predicted molar refractivity (Wildman–Crippen MR) is 113 cm³/mol. The Morgan fingerprint density at radius 3 is 2.27 bits per heavy atom. The van der Waals surface area contributed by atoms with Crippen LogP contribution in [-0.4, -0.2) is 19.1 Å². The number of fused-ring (bicyclic) bond motifs is 1. The van der Waals surface area contributed by atoms with Gasteiger partial charge in [-0.3, -0.25) is 14.9 Å². The topological polar surface area (TPSA) is 91.8 Å². The molecule has 150 valence electrons. The van der Waals surface area contributed by atoms with Crippen LogP contribution in [0.1, 0.15) is 0 Å². The number of hydrogen-bond donors (Lipinski definition) is 0. The molecule has 0 radical (unpaired) electrons. The zero-order valence-electron chi connectivity index (χ0n) is 16.2. The number of nitrogens with zero attached hydrogens (tertiary/aromatic N) is 1. The summed E-state index contributed by atoms with van der Waals surface area (Å²) in [5.41, 5.74) is 2.51. The van der Waals surface area contributed by atoms with Crippen molar-refractivity contribution >= 4 is 16.7 Å². The monoisotopic (exact) mass is 403 g/mol. The van der Waals surface area contributed by atoms with E-state index in [1.165, 1.54) is 32.4 Å². The van der Waals surface area contributed by atoms with Crippen LogP contribution in [0, 0.1) is 10.1 Å². The van der Waals surface area contributed by atoms with E-state index < -0.39 is 4.92 Å². The zero-order chi connectivity index (χ0) is 21.3. The summed E-state index contributed by atoms with van der Waals surface area (Å²) in [7, 11) is 3.01. The molecular weight excluding hydrogens is 386 g/mol. The van der Waals surface area contributed by atoms with Gasteiger partial charge in [0.15, 0.2) is 5.43 Å². The van der Waals surface area contributed by atoms with Crippen molar-refractivity contribution in [1.29, 1.82) is 0 Å². The summed E-state index contributed by atoms with van der Waals surface area (Å²) in [4.78, 5) is 23.2. The number of benzene rings is 3. The Balaban J connectivity index is 1.82. The lowest BCUT2D eigenvalue weighted by Crippen LogP contribution is -2.03. The van der Waals surface area contributed by atoms with E-state index in [1.807, 2.05) is 24.3 Å². The van der Waals surface area contributed by atoms with Crippen molar-refractivity contribution in [2.45, 2.75) is 0 Å². The Labute approximate surface area is 171 Å². The van der Waals surface area contributed by atoms with Crippen molar-refractivity contribution in [2.24, 2.45) is 0 Å². The van der Waals surface area contributed by atoms with E-state index in [-0.39, 0.29) is 11.1 Å². The standard InChI is InChI=1S/C23H17NO6/c1-28-18-11-21(29-2)23-19(25)13-20(30-22(23)12-18)16-5-3-4-15(10-16)14-6-8-17(9-7-14)24(26)27/h3-13H,1-2H3. The highest BCUT2D eigenvalue weighted by molar-refractivity contribution is 5.86. The molecule has 3 aromatic carbocycles. The van der Waals surface area contributed by atoms with Crippen LogP contribution < -0.4 is 14.9 Å². The van der Waals surface area contributed by atoms with Crippen LogP contribution in [-0.2, 0) is 0 Å². The van der Waals surface area contributed by atoms with Gasteiger partial charge in [0.2, 0.25) is 0 Å². The molecule has 7 heteroatoms. The first-order valence-corrected chi connectivity index (χ1v) is 9.05. The van der Waals surface area contributed by atoms with E-state index in [2.05, 4.69) is 0 Å². The van der Waals surface area contributed by atoms with Crippen molar-refractivity contribution in [1.82, 2.24) is 0 Å². The quantitative estimate of drug-likeness (QED) is 0.342. The van der Waals surface area contributed by atoms with Crippen LogP contribution in [0.4, 0.5) is 5.69 Å². The van der Waals surface area contributed by atoms with Crippen molar-refractivity contribution in [3.63, 3.8) is 0 Å². The summed E-state index contributed by atoms with van der Waals surface area (Å²) in [5, 5.41) is 11.2. The average molecular weight is 403 g/mol. The Kier molecular flexibility index (Phi) is 4.93. The fourth-order valence-corrected chi connectivity index (χ4v) is 3.28. The molecule has 4 rings (SSSR count). The second-order valence-corrected chi connectivity index (χ2v) is 6.56. The average Bonchev–Trinajstić information content (AvgIpc) is 2.78. The molecule has 0 bridgehead atoms. The Hall–Kier alpha value is -4.13. The largest absolute Gasteiger partial charge is 0.496 e. The van der Waals surface area contributed by atoms with E-state index in [0.717, 1.165) is 11.1 Å².